The van der Waals surface area contributed by atoms with Gasteiger partial charge in [-0.25, -0.2) is 0 Å². The maximum atomic E-state index is 6.35. The maximum Gasteiger partial charge on any atom is 0.173 e. The number of rotatable bonds is 6. The summed E-state index contributed by atoms with van der Waals surface area (Å²) in [5.74, 6) is 0.609. The van der Waals surface area contributed by atoms with Gasteiger partial charge in [-0.3, -0.25) is 4.98 Å². The van der Waals surface area contributed by atoms with Crippen molar-refractivity contribution in [1.82, 2.24) is 9.88 Å². The summed E-state index contributed by atoms with van der Waals surface area (Å²) in [7, 11) is 0. The lowest BCUT2D eigenvalue weighted by molar-refractivity contribution is 0.318. The number of aryl methyl sites for hydroxylation is 1. The first-order valence-electron chi connectivity index (χ1n) is 8.62. The van der Waals surface area contributed by atoms with Gasteiger partial charge in [0.05, 0.1) is 16.8 Å². The molecule has 0 aliphatic heterocycles. The van der Waals surface area contributed by atoms with Crippen LogP contribution in [0.5, 0.6) is 0 Å². The normalized spacial score (nSPS) is 12.1. The number of benzene rings is 1. The average Bonchev–Trinajstić information content (AvgIpc) is 2.58. The van der Waals surface area contributed by atoms with E-state index in [4.69, 9.17) is 23.8 Å². The molecule has 0 amide bonds. The van der Waals surface area contributed by atoms with Crippen molar-refractivity contribution in [2.24, 2.45) is 5.92 Å². The van der Waals surface area contributed by atoms with Gasteiger partial charge in [0.2, 0.25) is 0 Å². The molecule has 0 bridgehead atoms. The number of hydrogen-bond donors (Lipinski definition) is 1. The summed E-state index contributed by atoms with van der Waals surface area (Å²) in [5.41, 5.74) is 3.16. The minimum absolute atomic E-state index is 0.158. The van der Waals surface area contributed by atoms with Crippen LogP contribution < -0.4 is 5.32 Å². The Bertz CT molecular complexity index is 703. The van der Waals surface area contributed by atoms with E-state index in [0.717, 1.165) is 24.2 Å². The second kappa shape index (κ2) is 9.16. The van der Waals surface area contributed by atoms with Gasteiger partial charge in [0.15, 0.2) is 5.11 Å². The zero-order chi connectivity index (χ0) is 18.4. The summed E-state index contributed by atoms with van der Waals surface area (Å²) in [6, 6.07) is 10.2. The number of nitrogens with zero attached hydrogens (tertiary/aromatic N) is 2. The molecule has 25 heavy (non-hydrogen) atoms. The molecule has 1 aromatic carbocycles. The van der Waals surface area contributed by atoms with Gasteiger partial charge in [-0.2, -0.15) is 0 Å². The molecule has 0 aliphatic carbocycles. The quantitative estimate of drug-likeness (QED) is 0.641. The van der Waals surface area contributed by atoms with E-state index in [-0.39, 0.29) is 6.04 Å². The monoisotopic (exact) mass is 375 g/mol. The van der Waals surface area contributed by atoms with E-state index in [1.54, 1.807) is 0 Å². The smallest absolute Gasteiger partial charge is 0.173 e. The van der Waals surface area contributed by atoms with Crippen LogP contribution in [0.15, 0.2) is 42.7 Å². The number of pyridine rings is 1. The first-order chi connectivity index (χ1) is 11.9. The Hall–Kier alpha value is -1.65. The van der Waals surface area contributed by atoms with Crippen molar-refractivity contribution in [2.45, 2.75) is 40.2 Å². The average molecular weight is 376 g/mol. The molecule has 0 radical (unpaired) electrons. The van der Waals surface area contributed by atoms with Crippen LogP contribution in [0.4, 0.5) is 5.69 Å². The van der Waals surface area contributed by atoms with Crippen molar-refractivity contribution in [1.29, 1.82) is 0 Å². The SMILES string of the molecule is Cc1ccc(NC(=S)N(CCC(C)C)[C@@H](C)c2ccncc2)c(Cl)c1. The lowest BCUT2D eigenvalue weighted by Crippen LogP contribution is -2.38. The summed E-state index contributed by atoms with van der Waals surface area (Å²) in [5, 5.41) is 4.70. The Morgan fingerprint density at radius 1 is 1.20 bits per heavy atom. The van der Waals surface area contributed by atoms with Gasteiger partial charge in [0.25, 0.3) is 0 Å². The molecule has 134 valence electrons. The predicted molar refractivity (Wildman–Crippen MR) is 111 cm³/mol. The molecule has 2 aromatic rings. The van der Waals surface area contributed by atoms with Crippen LogP contribution in [0.1, 0.15) is 44.4 Å². The third kappa shape index (κ3) is 5.68. The summed E-state index contributed by atoms with van der Waals surface area (Å²) in [6.07, 6.45) is 4.71. The molecular formula is C20H26ClN3S. The predicted octanol–water partition coefficient (Wildman–Crippen LogP) is 5.85. The minimum Gasteiger partial charge on any atom is -0.342 e. The first-order valence-corrected chi connectivity index (χ1v) is 9.40. The number of anilines is 1. The second-order valence-electron chi connectivity index (χ2n) is 6.75. The van der Waals surface area contributed by atoms with Gasteiger partial charge >= 0.3 is 0 Å². The van der Waals surface area contributed by atoms with Gasteiger partial charge in [-0.05, 0) is 73.8 Å². The Kier molecular flexibility index (Phi) is 7.21. The fourth-order valence-corrected chi connectivity index (χ4v) is 3.24. The second-order valence-corrected chi connectivity index (χ2v) is 7.54. The molecule has 1 N–H and O–H groups in total. The van der Waals surface area contributed by atoms with Crippen molar-refractivity contribution in [2.75, 3.05) is 11.9 Å². The van der Waals surface area contributed by atoms with Crippen molar-refractivity contribution >= 4 is 34.6 Å². The van der Waals surface area contributed by atoms with E-state index in [1.807, 2.05) is 49.6 Å². The largest absolute Gasteiger partial charge is 0.342 e. The molecule has 2 rings (SSSR count). The van der Waals surface area contributed by atoms with Crippen LogP contribution in [0, 0.1) is 12.8 Å². The maximum absolute atomic E-state index is 6.35. The zero-order valence-corrected chi connectivity index (χ0v) is 16.9. The van der Waals surface area contributed by atoms with Gasteiger partial charge in [-0.1, -0.05) is 31.5 Å². The van der Waals surface area contributed by atoms with Crippen molar-refractivity contribution in [3.63, 3.8) is 0 Å². The lowest BCUT2D eigenvalue weighted by atomic mass is 10.1. The number of halogens is 1. The van der Waals surface area contributed by atoms with Gasteiger partial charge in [-0.15, -0.1) is 0 Å². The molecule has 1 atom stereocenters. The molecule has 0 saturated carbocycles. The Morgan fingerprint density at radius 2 is 1.88 bits per heavy atom. The number of thiocarbonyl (C=S) groups is 1. The Labute approximate surface area is 161 Å². The van der Waals surface area contributed by atoms with Crippen molar-refractivity contribution in [3.05, 3.63) is 58.9 Å². The topological polar surface area (TPSA) is 28.2 Å². The molecule has 1 heterocycles. The number of aromatic nitrogens is 1. The minimum atomic E-state index is 0.158. The fourth-order valence-electron chi connectivity index (χ4n) is 2.60. The van der Waals surface area contributed by atoms with E-state index >= 15 is 0 Å². The first kappa shape index (κ1) is 19.7. The molecule has 0 saturated heterocycles. The van der Waals surface area contributed by atoms with E-state index in [9.17, 15) is 0 Å². The molecule has 3 nitrogen and oxygen atoms in total. The van der Waals surface area contributed by atoms with Crippen molar-refractivity contribution < 1.29 is 0 Å². The molecule has 1 aromatic heterocycles. The Balaban J connectivity index is 2.20. The molecule has 0 fully saturated rings. The van der Waals surface area contributed by atoms with Crippen LogP contribution in [0.2, 0.25) is 5.02 Å². The number of hydrogen-bond acceptors (Lipinski definition) is 2. The highest BCUT2D eigenvalue weighted by atomic mass is 35.5. The highest BCUT2D eigenvalue weighted by Crippen LogP contribution is 2.26. The number of nitrogens with one attached hydrogen (secondary N) is 1. The van der Waals surface area contributed by atoms with Gasteiger partial charge in [0, 0.05) is 18.9 Å². The van der Waals surface area contributed by atoms with Gasteiger partial charge in [0.1, 0.15) is 0 Å². The van der Waals surface area contributed by atoms with Crippen LogP contribution >= 0.6 is 23.8 Å². The van der Waals surface area contributed by atoms with E-state index < -0.39 is 0 Å². The van der Waals surface area contributed by atoms with Crippen LogP contribution in [-0.2, 0) is 0 Å². The molecule has 5 heteroatoms. The summed E-state index contributed by atoms with van der Waals surface area (Å²) in [6.45, 7) is 9.52. The standard InChI is InChI=1S/C20H26ClN3S/c1-14(2)9-12-24(16(4)17-7-10-22-11-8-17)20(25)23-19-6-5-15(3)13-18(19)21/h5-8,10-11,13-14,16H,9,12H2,1-4H3,(H,23,25)/t16-/m0/s1. The summed E-state index contributed by atoms with van der Waals surface area (Å²) < 4.78 is 0. The lowest BCUT2D eigenvalue weighted by Gasteiger charge is -2.33. The summed E-state index contributed by atoms with van der Waals surface area (Å²) in [4.78, 5) is 6.33. The van der Waals surface area contributed by atoms with E-state index in [0.29, 0.717) is 16.1 Å². The van der Waals surface area contributed by atoms with Gasteiger partial charge < -0.3 is 10.2 Å². The summed E-state index contributed by atoms with van der Waals surface area (Å²) >= 11 is 12.1. The molecule has 0 aliphatic rings. The van der Waals surface area contributed by atoms with Crippen LogP contribution in [-0.4, -0.2) is 21.5 Å². The fraction of sp³-hybridized carbons (Fsp3) is 0.400. The highest BCUT2D eigenvalue weighted by molar-refractivity contribution is 7.80. The molecule has 0 spiro atoms. The molecular weight excluding hydrogens is 350 g/mol. The Morgan fingerprint density at radius 3 is 2.48 bits per heavy atom. The van der Waals surface area contributed by atoms with Crippen LogP contribution in [0.25, 0.3) is 0 Å². The molecule has 0 unspecified atom stereocenters. The van der Waals surface area contributed by atoms with E-state index in [1.165, 1.54) is 5.56 Å². The third-order valence-electron chi connectivity index (χ3n) is 4.23. The van der Waals surface area contributed by atoms with Crippen LogP contribution in [0.3, 0.4) is 0 Å². The third-order valence-corrected chi connectivity index (χ3v) is 4.88. The van der Waals surface area contributed by atoms with E-state index in [2.05, 4.69) is 36.0 Å². The zero-order valence-electron chi connectivity index (χ0n) is 15.3. The van der Waals surface area contributed by atoms with Crippen molar-refractivity contribution in [3.8, 4) is 0 Å². The highest BCUT2D eigenvalue weighted by Gasteiger charge is 2.19.